The molecular formula is C15H13N5O3S. The van der Waals surface area contributed by atoms with Crippen molar-refractivity contribution >= 4 is 17.2 Å². The first-order valence-electron chi connectivity index (χ1n) is 7.29. The molecule has 0 spiro atoms. The van der Waals surface area contributed by atoms with Crippen molar-refractivity contribution in [2.45, 2.75) is 6.54 Å². The Morgan fingerprint density at radius 3 is 3.12 bits per heavy atom. The molecule has 1 aliphatic rings. The Morgan fingerprint density at radius 2 is 2.25 bits per heavy atom. The fourth-order valence-electron chi connectivity index (χ4n) is 2.39. The topological polar surface area (TPSA) is 102 Å². The van der Waals surface area contributed by atoms with Gasteiger partial charge in [-0.3, -0.25) is 4.79 Å². The Bertz CT molecular complexity index is 862. The minimum absolute atomic E-state index is 0.184. The Kier molecular flexibility index (Phi) is 3.83. The van der Waals surface area contributed by atoms with E-state index in [-0.39, 0.29) is 5.91 Å². The molecule has 0 saturated carbocycles. The average Bonchev–Trinajstić information content (AvgIpc) is 3.29. The van der Waals surface area contributed by atoms with E-state index in [9.17, 15) is 4.79 Å². The second kappa shape index (κ2) is 6.28. The number of hydrogen-bond acceptors (Lipinski definition) is 7. The quantitative estimate of drug-likeness (QED) is 0.746. The summed E-state index contributed by atoms with van der Waals surface area (Å²) >= 11 is 1.32. The number of benzene rings is 1. The predicted octanol–water partition coefficient (Wildman–Crippen LogP) is 1.63. The number of thiophene rings is 1. The number of nitrogens with zero attached hydrogens (tertiary/aromatic N) is 3. The average molecular weight is 343 g/mol. The van der Waals surface area contributed by atoms with Gasteiger partial charge in [-0.1, -0.05) is 18.2 Å². The normalized spacial score (nSPS) is 12.8. The highest BCUT2D eigenvalue weighted by atomic mass is 32.1. The second-order valence-corrected chi connectivity index (χ2v) is 5.95. The molecule has 0 radical (unpaired) electrons. The van der Waals surface area contributed by atoms with E-state index in [1.54, 1.807) is 5.38 Å². The minimum Gasteiger partial charge on any atom is -0.485 e. The van der Waals surface area contributed by atoms with Gasteiger partial charge in [-0.15, -0.1) is 21.5 Å². The zero-order valence-corrected chi connectivity index (χ0v) is 13.3. The van der Waals surface area contributed by atoms with Gasteiger partial charge in [0, 0.05) is 17.5 Å². The number of aromatic nitrogens is 4. The zero-order valence-electron chi connectivity index (χ0n) is 12.5. The summed E-state index contributed by atoms with van der Waals surface area (Å²) in [4.78, 5) is 12.9. The highest BCUT2D eigenvalue weighted by Gasteiger charge is 2.23. The summed E-state index contributed by atoms with van der Waals surface area (Å²) in [6.07, 6.45) is 0. The minimum atomic E-state index is -0.184. The first kappa shape index (κ1) is 14.6. The molecule has 0 saturated heterocycles. The number of ether oxygens (including phenoxy) is 2. The molecule has 8 nitrogen and oxygen atoms in total. The largest absolute Gasteiger partial charge is 0.485 e. The van der Waals surface area contributed by atoms with E-state index in [4.69, 9.17) is 9.47 Å². The summed E-state index contributed by atoms with van der Waals surface area (Å²) in [5.41, 5.74) is 1.77. The second-order valence-electron chi connectivity index (χ2n) is 5.07. The van der Waals surface area contributed by atoms with E-state index in [2.05, 4.69) is 25.9 Å². The first-order chi connectivity index (χ1) is 11.8. The van der Waals surface area contributed by atoms with Crippen LogP contribution < -0.4 is 14.8 Å². The van der Waals surface area contributed by atoms with E-state index in [0.717, 1.165) is 11.1 Å². The third-order valence-corrected chi connectivity index (χ3v) is 4.43. The number of fused-ring (bicyclic) bond motifs is 1. The van der Waals surface area contributed by atoms with Crippen LogP contribution in [0.3, 0.4) is 0 Å². The number of aromatic amines is 1. The number of tetrazole rings is 1. The number of rotatable bonds is 4. The molecule has 122 valence electrons. The zero-order chi connectivity index (χ0) is 16.4. The Hall–Kier alpha value is -2.94. The van der Waals surface area contributed by atoms with E-state index in [0.29, 0.717) is 42.0 Å². The first-order valence-corrected chi connectivity index (χ1v) is 8.17. The van der Waals surface area contributed by atoms with Crippen molar-refractivity contribution in [2.24, 2.45) is 0 Å². The van der Waals surface area contributed by atoms with Crippen molar-refractivity contribution in [3.05, 3.63) is 40.1 Å². The van der Waals surface area contributed by atoms with Gasteiger partial charge < -0.3 is 14.8 Å². The van der Waals surface area contributed by atoms with Crippen LogP contribution >= 0.6 is 11.3 Å². The molecule has 3 aromatic rings. The maximum Gasteiger partial charge on any atom is 0.265 e. The third-order valence-electron chi connectivity index (χ3n) is 3.49. The lowest BCUT2D eigenvalue weighted by Crippen LogP contribution is -2.23. The van der Waals surface area contributed by atoms with Crippen LogP contribution in [0.5, 0.6) is 11.5 Å². The van der Waals surface area contributed by atoms with E-state index in [1.807, 2.05) is 24.3 Å². The molecule has 2 N–H and O–H groups in total. The molecule has 1 amide bonds. The van der Waals surface area contributed by atoms with Crippen LogP contribution in [0.4, 0.5) is 0 Å². The van der Waals surface area contributed by atoms with Gasteiger partial charge in [-0.2, -0.15) is 5.21 Å². The predicted molar refractivity (Wildman–Crippen MR) is 86.1 cm³/mol. The van der Waals surface area contributed by atoms with E-state index >= 15 is 0 Å². The van der Waals surface area contributed by atoms with Gasteiger partial charge in [0.1, 0.15) is 18.1 Å². The van der Waals surface area contributed by atoms with Gasteiger partial charge in [0.05, 0.1) is 0 Å². The van der Waals surface area contributed by atoms with Crippen LogP contribution in [0.25, 0.3) is 11.4 Å². The molecule has 0 unspecified atom stereocenters. The smallest absolute Gasteiger partial charge is 0.265 e. The maximum absolute atomic E-state index is 12.4. The van der Waals surface area contributed by atoms with Gasteiger partial charge in [0.25, 0.3) is 5.91 Å². The van der Waals surface area contributed by atoms with Crippen LogP contribution in [-0.4, -0.2) is 39.7 Å². The van der Waals surface area contributed by atoms with Gasteiger partial charge in [-0.05, 0) is 16.8 Å². The molecule has 4 rings (SSSR count). The molecule has 9 heteroatoms. The van der Waals surface area contributed by atoms with Gasteiger partial charge in [0.2, 0.25) is 5.82 Å². The standard InChI is InChI=1S/C15H13N5O3S/c21-15(13-12-11(8-24-13)22-4-5-23-12)16-7-9-2-1-3-10(6-9)14-17-19-20-18-14/h1-3,6,8H,4-5,7H2,(H,16,21)(H,17,18,19,20). The van der Waals surface area contributed by atoms with Crippen LogP contribution in [0.1, 0.15) is 15.2 Å². The van der Waals surface area contributed by atoms with Crippen LogP contribution in [0.2, 0.25) is 0 Å². The molecule has 2 aromatic heterocycles. The summed E-state index contributed by atoms with van der Waals surface area (Å²) in [5.74, 6) is 1.50. The highest BCUT2D eigenvalue weighted by molar-refractivity contribution is 7.12. The molecule has 0 aliphatic carbocycles. The summed E-state index contributed by atoms with van der Waals surface area (Å²) < 4.78 is 11.0. The number of H-pyrrole nitrogens is 1. The van der Waals surface area contributed by atoms with Crippen LogP contribution in [0, 0.1) is 0 Å². The third kappa shape index (κ3) is 2.81. The van der Waals surface area contributed by atoms with Crippen molar-refractivity contribution in [1.82, 2.24) is 25.9 Å². The van der Waals surface area contributed by atoms with Crippen LogP contribution in [0.15, 0.2) is 29.6 Å². The SMILES string of the molecule is O=C(NCc1cccc(-c2nn[nH]n2)c1)c1scc2c1OCCO2. The molecule has 1 aliphatic heterocycles. The lowest BCUT2D eigenvalue weighted by molar-refractivity contribution is 0.0946. The monoisotopic (exact) mass is 343 g/mol. The molecule has 1 aromatic carbocycles. The number of nitrogens with one attached hydrogen (secondary N) is 2. The Morgan fingerprint density at radius 1 is 1.33 bits per heavy atom. The summed E-state index contributed by atoms with van der Waals surface area (Å²) in [7, 11) is 0. The van der Waals surface area contributed by atoms with E-state index in [1.165, 1.54) is 11.3 Å². The van der Waals surface area contributed by atoms with Crippen molar-refractivity contribution in [2.75, 3.05) is 13.2 Å². The summed E-state index contributed by atoms with van der Waals surface area (Å²) in [5, 5.41) is 18.6. The van der Waals surface area contributed by atoms with Crippen molar-refractivity contribution < 1.29 is 14.3 Å². The number of amides is 1. The molecule has 0 atom stereocenters. The number of hydrogen-bond donors (Lipinski definition) is 2. The molecular weight excluding hydrogens is 330 g/mol. The fraction of sp³-hybridized carbons (Fsp3) is 0.200. The van der Waals surface area contributed by atoms with Crippen LogP contribution in [-0.2, 0) is 6.54 Å². The highest BCUT2D eigenvalue weighted by Crippen LogP contribution is 2.39. The molecule has 3 heterocycles. The Balaban J connectivity index is 1.46. The number of carbonyl (C=O) groups excluding carboxylic acids is 1. The van der Waals surface area contributed by atoms with Crippen molar-refractivity contribution in [1.29, 1.82) is 0 Å². The lowest BCUT2D eigenvalue weighted by Gasteiger charge is -2.15. The molecule has 0 bridgehead atoms. The maximum atomic E-state index is 12.4. The number of carbonyl (C=O) groups is 1. The molecule has 24 heavy (non-hydrogen) atoms. The summed E-state index contributed by atoms with van der Waals surface area (Å²) in [6.45, 7) is 1.35. The van der Waals surface area contributed by atoms with Gasteiger partial charge in [-0.25, -0.2) is 0 Å². The van der Waals surface area contributed by atoms with E-state index < -0.39 is 0 Å². The van der Waals surface area contributed by atoms with Crippen molar-refractivity contribution in [3.63, 3.8) is 0 Å². The lowest BCUT2D eigenvalue weighted by atomic mass is 10.1. The molecule has 0 fully saturated rings. The van der Waals surface area contributed by atoms with Gasteiger partial charge in [0.15, 0.2) is 11.5 Å². The fourth-order valence-corrected chi connectivity index (χ4v) is 3.23. The Labute approximate surface area is 140 Å². The summed E-state index contributed by atoms with van der Waals surface area (Å²) in [6, 6.07) is 7.61. The van der Waals surface area contributed by atoms with Crippen molar-refractivity contribution in [3.8, 4) is 22.9 Å². The van der Waals surface area contributed by atoms with Gasteiger partial charge >= 0.3 is 0 Å².